The molecule has 0 aromatic rings. The molecule has 2 heterocycles. The van der Waals surface area contributed by atoms with Gasteiger partial charge in [-0.3, -0.25) is 0 Å². The average Bonchev–Trinajstić information content (AvgIpc) is 3.18. The smallest absolute Gasteiger partial charge is 0.164 e. The lowest BCUT2D eigenvalue weighted by molar-refractivity contribution is -0.225. The van der Waals surface area contributed by atoms with Gasteiger partial charge in [0.05, 0.1) is 18.3 Å². The molecule has 0 unspecified atom stereocenters. The molecule has 6 heteroatoms. The van der Waals surface area contributed by atoms with Crippen molar-refractivity contribution in [2.24, 2.45) is 23.7 Å². The Hall–Kier alpha value is 0.280. The second-order valence-electron chi connectivity index (χ2n) is 8.29. The first-order chi connectivity index (χ1) is 10.9. The lowest BCUT2D eigenvalue weighted by atomic mass is 9.73. The zero-order valence-electron chi connectivity index (χ0n) is 14.0. The molecule has 3 aliphatic carbocycles. The van der Waals surface area contributed by atoms with E-state index in [1.807, 2.05) is 13.8 Å². The summed E-state index contributed by atoms with van der Waals surface area (Å²) < 4.78 is 30.6. The van der Waals surface area contributed by atoms with Crippen molar-refractivity contribution in [3.05, 3.63) is 0 Å². The van der Waals surface area contributed by atoms with E-state index in [0.29, 0.717) is 34.6 Å². The van der Waals surface area contributed by atoms with Crippen molar-refractivity contribution in [2.45, 2.75) is 67.8 Å². The van der Waals surface area contributed by atoms with Crippen LogP contribution >= 0.6 is 15.9 Å². The molecule has 23 heavy (non-hydrogen) atoms. The van der Waals surface area contributed by atoms with Crippen LogP contribution in [0.5, 0.6) is 0 Å². The third-order valence-electron chi connectivity index (χ3n) is 6.92. The zero-order chi connectivity index (χ0) is 16.1. The Kier molecular flexibility index (Phi) is 3.18. The SMILES string of the molecule is COCO[C@H](C)[C@]12OC(C)(C)O[C@H]1[C@@H]1O[C@@H]3[C@@H](Br)[C@H]4C[C@@H]3[C@@H]1[C@H]42. The van der Waals surface area contributed by atoms with E-state index < -0.39 is 11.4 Å². The molecule has 2 saturated heterocycles. The van der Waals surface area contributed by atoms with Crippen molar-refractivity contribution in [1.82, 2.24) is 0 Å². The Morgan fingerprint density at radius 2 is 2.04 bits per heavy atom. The van der Waals surface area contributed by atoms with Crippen LogP contribution in [0.25, 0.3) is 0 Å². The number of halogens is 1. The second kappa shape index (κ2) is 4.71. The number of ether oxygens (including phenoxy) is 5. The third-order valence-corrected chi connectivity index (χ3v) is 8.12. The highest BCUT2D eigenvalue weighted by Crippen LogP contribution is 2.72. The largest absolute Gasteiger partial charge is 0.370 e. The summed E-state index contributed by atoms with van der Waals surface area (Å²) >= 11 is 3.92. The molecular weight excluding hydrogens is 364 g/mol. The number of methoxy groups -OCH3 is 1. The molecule has 0 N–H and O–H groups in total. The molecule has 10 atom stereocenters. The quantitative estimate of drug-likeness (QED) is 0.546. The van der Waals surface area contributed by atoms with E-state index in [1.54, 1.807) is 7.11 Å². The van der Waals surface area contributed by atoms with Gasteiger partial charge in [0.2, 0.25) is 0 Å². The van der Waals surface area contributed by atoms with Crippen molar-refractivity contribution >= 4 is 15.9 Å². The number of hydrogen-bond acceptors (Lipinski definition) is 5. The van der Waals surface area contributed by atoms with Gasteiger partial charge < -0.3 is 23.7 Å². The van der Waals surface area contributed by atoms with Crippen molar-refractivity contribution in [3.63, 3.8) is 0 Å². The van der Waals surface area contributed by atoms with Crippen molar-refractivity contribution in [3.8, 4) is 0 Å². The van der Waals surface area contributed by atoms with E-state index in [4.69, 9.17) is 23.7 Å². The molecule has 5 nitrogen and oxygen atoms in total. The Labute approximate surface area is 145 Å². The molecule has 5 rings (SSSR count). The minimum Gasteiger partial charge on any atom is -0.370 e. The fourth-order valence-corrected chi connectivity index (χ4v) is 7.57. The van der Waals surface area contributed by atoms with Crippen LogP contribution < -0.4 is 0 Å². The minimum absolute atomic E-state index is 0.0466. The fourth-order valence-electron chi connectivity index (χ4n) is 6.51. The van der Waals surface area contributed by atoms with E-state index in [-0.39, 0.29) is 25.1 Å². The Morgan fingerprint density at radius 1 is 1.26 bits per heavy atom. The summed E-state index contributed by atoms with van der Waals surface area (Å²) in [4.78, 5) is 0.429. The number of fused-ring (bicyclic) bond motifs is 5. The second-order valence-corrected chi connectivity index (χ2v) is 9.34. The van der Waals surface area contributed by atoms with Gasteiger partial charge in [0, 0.05) is 17.9 Å². The Bertz CT molecular complexity index is 527. The van der Waals surface area contributed by atoms with Crippen molar-refractivity contribution in [2.75, 3.05) is 13.9 Å². The van der Waals surface area contributed by atoms with Gasteiger partial charge in [0.25, 0.3) is 0 Å². The van der Waals surface area contributed by atoms with Crippen LogP contribution in [0.4, 0.5) is 0 Å². The van der Waals surface area contributed by atoms with Crippen LogP contribution in [0.2, 0.25) is 0 Å². The molecule has 0 radical (unpaired) electrons. The fraction of sp³-hybridized carbons (Fsp3) is 1.00. The van der Waals surface area contributed by atoms with E-state index in [0.717, 1.165) is 0 Å². The maximum atomic E-state index is 6.63. The van der Waals surface area contributed by atoms with Gasteiger partial charge in [0.15, 0.2) is 5.79 Å². The van der Waals surface area contributed by atoms with Crippen molar-refractivity contribution < 1.29 is 23.7 Å². The molecule has 2 bridgehead atoms. The summed E-state index contributed by atoms with van der Waals surface area (Å²) in [6.45, 7) is 6.38. The minimum atomic E-state index is -0.601. The predicted molar refractivity (Wildman–Crippen MR) is 85.1 cm³/mol. The summed E-state index contributed by atoms with van der Waals surface area (Å²) in [7, 11) is 1.65. The van der Waals surface area contributed by atoms with E-state index in [2.05, 4.69) is 22.9 Å². The van der Waals surface area contributed by atoms with Crippen LogP contribution in [-0.2, 0) is 23.7 Å². The van der Waals surface area contributed by atoms with E-state index in [9.17, 15) is 0 Å². The van der Waals surface area contributed by atoms with Gasteiger partial charge in [-0.15, -0.1) is 0 Å². The van der Waals surface area contributed by atoms with E-state index >= 15 is 0 Å². The standard InChI is InChI=1S/C17H25BrO5/c1-7(20-6-19-4)17-11-9-5-8-10(11)14(21-13(8)12(9)18)15(17)22-16(2,3)23-17/h7-15H,5-6H2,1-4H3/t7-,8-,9+,10-,11+,12+,13+,14-,15+,17-/m1/s1. The zero-order valence-corrected chi connectivity index (χ0v) is 15.6. The summed E-state index contributed by atoms with van der Waals surface area (Å²) in [6.07, 6.45) is 1.59. The van der Waals surface area contributed by atoms with Crippen LogP contribution in [0.15, 0.2) is 0 Å². The molecule has 0 spiro atoms. The molecule has 0 amide bonds. The molecule has 2 aliphatic heterocycles. The van der Waals surface area contributed by atoms with Gasteiger partial charge in [-0.1, -0.05) is 15.9 Å². The normalized spacial score (nSPS) is 58.8. The van der Waals surface area contributed by atoms with Crippen LogP contribution in [0.3, 0.4) is 0 Å². The Balaban J connectivity index is 1.58. The van der Waals surface area contributed by atoms with Gasteiger partial charge in [0.1, 0.15) is 18.5 Å². The van der Waals surface area contributed by atoms with Crippen LogP contribution in [0.1, 0.15) is 27.2 Å². The highest BCUT2D eigenvalue weighted by Gasteiger charge is 2.81. The first-order valence-electron chi connectivity index (χ1n) is 8.69. The lowest BCUT2D eigenvalue weighted by Crippen LogP contribution is -2.58. The van der Waals surface area contributed by atoms with Gasteiger partial charge in [-0.05, 0) is 44.9 Å². The maximum Gasteiger partial charge on any atom is 0.164 e. The number of alkyl halides is 1. The first-order valence-corrected chi connectivity index (χ1v) is 9.60. The molecule has 5 aliphatic rings. The van der Waals surface area contributed by atoms with Gasteiger partial charge in [-0.2, -0.15) is 0 Å². The summed E-state index contributed by atoms with van der Waals surface area (Å²) in [6, 6.07) is 0. The monoisotopic (exact) mass is 388 g/mol. The highest BCUT2D eigenvalue weighted by molar-refractivity contribution is 9.09. The molecule has 130 valence electrons. The molecular formula is C17H25BrO5. The summed E-state index contributed by atoms with van der Waals surface area (Å²) in [5.74, 6) is 1.60. The van der Waals surface area contributed by atoms with Gasteiger partial charge >= 0.3 is 0 Å². The lowest BCUT2D eigenvalue weighted by Gasteiger charge is -2.44. The van der Waals surface area contributed by atoms with Gasteiger partial charge in [-0.25, -0.2) is 0 Å². The first kappa shape index (κ1) is 15.5. The molecule has 0 aromatic heterocycles. The third kappa shape index (κ3) is 1.71. The molecule has 0 aromatic carbocycles. The molecule has 3 saturated carbocycles. The summed E-state index contributed by atoms with van der Waals surface area (Å²) in [5, 5.41) is 0. The van der Waals surface area contributed by atoms with Crippen LogP contribution in [0, 0.1) is 23.7 Å². The predicted octanol–water partition coefficient (Wildman–Crippen LogP) is 2.31. The molecule has 5 fully saturated rings. The maximum absolute atomic E-state index is 6.63. The van der Waals surface area contributed by atoms with Crippen molar-refractivity contribution in [1.29, 1.82) is 0 Å². The average molecular weight is 389 g/mol. The highest BCUT2D eigenvalue weighted by atomic mass is 79.9. The number of hydrogen-bond donors (Lipinski definition) is 0. The number of rotatable bonds is 4. The summed E-state index contributed by atoms with van der Waals surface area (Å²) in [5.41, 5.74) is -0.436. The topological polar surface area (TPSA) is 46.2 Å². The van der Waals surface area contributed by atoms with E-state index in [1.165, 1.54) is 6.42 Å². The van der Waals surface area contributed by atoms with Crippen LogP contribution in [-0.4, -0.2) is 54.5 Å². The Morgan fingerprint density at radius 3 is 2.78 bits per heavy atom.